The number of rotatable bonds is 1. The topological polar surface area (TPSA) is 148 Å². The van der Waals surface area contributed by atoms with E-state index in [-0.39, 0.29) is 16.8 Å². The van der Waals surface area contributed by atoms with Crippen molar-refractivity contribution >= 4 is 23.0 Å². The van der Waals surface area contributed by atoms with Gasteiger partial charge in [-0.2, -0.15) is 0 Å². The van der Waals surface area contributed by atoms with Gasteiger partial charge in [0.05, 0.1) is 11.4 Å². The van der Waals surface area contributed by atoms with Crippen LogP contribution >= 0.6 is 11.6 Å². The quantitative estimate of drug-likeness (QED) is 0.414. The Morgan fingerprint density at radius 2 is 1.38 bits per heavy atom. The summed E-state index contributed by atoms with van der Waals surface area (Å²) in [7, 11) is 1.67. The molecule has 0 bridgehead atoms. The Balaban J connectivity index is 0.000000183. The van der Waals surface area contributed by atoms with Crippen LogP contribution in [0.2, 0.25) is 5.15 Å². The number of anilines is 2. The van der Waals surface area contributed by atoms with Gasteiger partial charge < -0.3 is 16.0 Å². The highest BCUT2D eigenvalue weighted by atomic mass is 35.5. The fourth-order valence-corrected chi connectivity index (χ4v) is 2.49. The maximum absolute atomic E-state index is 11.7. The van der Waals surface area contributed by atoms with Crippen molar-refractivity contribution in [1.29, 1.82) is 0 Å². The van der Waals surface area contributed by atoms with E-state index in [1.807, 2.05) is 0 Å². The molecule has 0 radical (unpaired) electrons. The first-order valence-electron chi connectivity index (χ1n) is 9.32. The van der Waals surface area contributed by atoms with Crippen molar-refractivity contribution in [2.45, 2.75) is 13.8 Å². The molecule has 166 valence electrons. The first kappa shape index (κ1) is 24.2. The van der Waals surface area contributed by atoms with Gasteiger partial charge in [0, 0.05) is 31.8 Å². The molecule has 0 unspecified atom stereocenters. The van der Waals surface area contributed by atoms with Crippen LogP contribution in [-0.4, -0.2) is 29.1 Å². The van der Waals surface area contributed by atoms with Crippen molar-refractivity contribution in [3.63, 3.8) is 0 Å². The molecule has 4 rings (SSSR count). The second-order valence-corrected chi connectivity index (χ2v) is 6.79. The van der Waals surface area contributed by atoms with Crippen molar-refractivity contribution in [2.24, 2.45) is 7.05 Å². The zero-order valence-electron chi connectivity index (χ0n) is 17.8. The van der Waals surface area contributed by atoms with E-state index in [0.717, 1.165) is 0 Å². The maximum atomic E-state index is 11.7. The molecule has 4 aromatic heterocycles. The molecule has 10 nitrogen and oxygen atoms in total. The largest absolute Gasteiger partial charge is 0.394 e. The lowest BCUT2D eigenvalue weighted by Crippen LogP contribution is -2.21. The average molecular weight is 455 g/mol. The van der Waals surface area contributed by atoms with Gasteiger partial charge in [0.25, 0.3) is 11.1 Å². The molecule has 32 heavy (non-hydrogen) atoms. The second-order valence-electron chi connectivity index (χ2n) is 6.41. The lowest BCUT2D eigenvalue weighted by molar-refractivity contribution is 0.864. The van der Waals surface area contributed by atoms with E-state index in [4.69, 9.17) is 23.1 Å². The van der Waals surface area contributed by atoms with Gasteiger partial charge >= 0.3 is 0 Å². The number of aromatic nitrogens is 6. The number of nitrogens with zero attached hydrogens (tertiary/aromatic N) is 6. The minimum absolute atomic E-state index is 0.141. The van der Waals surface area contributed by atoms with E-state index in [1.54, 1.807) is 82.1 Å². The van der Waals surface area contributed by atoms with Gasteiger partial charge in [0.15, 0.2) is 0 Å². The van der Waals surface area contributed by atoms with Crippen molar-refractivity contribution < 1.29 is 0 Å². The molecule has 0 amide bonds. The SMILES string of the molecule is Cc1nccc(-n2cccc(N)c2=O)n1.Cc1nccc(Cl)n1.Cn1cccc(N)c1=O. The summed E-state index contributed by atoms with van der Waals surface area (Å²) in [5, 5.41) is 0.498. The number of nitrogens with two attached hydrogens (primary N) is 2. The highest BCUT2D eigenvalue weighted by Gasteiger charge is 2.03. The molecule has 0 atom stereocenters. The van der Waals surface area contributed by atoms with Crippen LogP contribution in [0, 0.1) is 13.8 Å². The number of nitrogen functional groups attached to an aromatic ring is 2. The van der Waals surface area contributed by atoms with E-state index < -0.39 is 0 Å². The standard InChI is InChI=1S/C10H10N4O.C6H8N2O.C5H5ClN2/c1-7-12-5-4-9(13-7)14-6-2-3-8(11)10(14)15;1-8-4-2-3-5(7)6(8)9;1-4-7-3-2-5(6)8-4/h2-6H,11H2,1H3;2-4H,7H2,1H3;2-3H,1H3. The van der Waals surface area contributed by atoms with Crippen LogP contribution in [0.25, 0.3) is 5.82 Å². The Morgan fingerprint density at radius 3 is 1.88 bits per heavy atom. The molecule has 11 heteroatoms. The van der Waals surface area contributed by atoms with Crippen molar-refractivity contribution in [2.75, 3.05) is 11.5 Å². The van der Waals surface area contributed by atoms with E-state index in [2.05, 4.69) is 19.9 Å². The van der Waals surface area contributed by atoms with Crippen molar-refractivity contribution in [3.05, 3.63) is 98.7 Å². The van der Waals surface area contributed by atoms with Crippen LogP contribution < -0.4 is 22.6 Å². The fourth-order valence-electron chi connectivity index (χ4n) is 2.31. The van der Waals surface area contributed by atoms with Crippen molar-refractivity contribution in [1.82, 2.24) is 29.1 Å². The molecule has 0 fully saturated rings. The number of hydrogen-bond donors (Lipinski definition) is 2. The Kier molecular flexibility index (Phi) is 8.61. The number of pyridine rings is 2. The zero-order valence-corrected chi connectivity index (χ0v) is 18.6. The molecule has 0 aliphatic rings. The molecule has 0 aliphatic heterocycles. The summed E-state index contributed by atoms with van der Waals surface area (Å²) in [4.78, 5) is 38.2. The number of hydrogen-bond acceptors (Lipinski definition) is 8. The summed E-state index contributed by atoms with van der Waals surface area (Å²) in [5.41, 5.74) is 10.9. The summed E-state index contributed by atoms with van der Waals surface area (Å²) < 4.78 is 2.83. The lowest BCUT2D eigenvalue weighted by Gasteiger charge is -2.04. The predicted molar refractivity (Wildman–Crippen MR) is 125 cm³/mol. The van der Waals surface area contributed by atoms with E-state index in [0.29, 0.717) is 28.3 Å². The highest BCUT2D eigenvalue weighted by molar-refractivity contribution is 6.29. The van der Waals surface area contributed by atoms with E-state index in [9.17, 15) is 9.59 Å². The van der Waals surface area contributed by atoms with Gasteiger partial charge in [-0.1, -0.05) is 11.6 Å². The van der Waals surface area contributed by atoms with Crippen LogP contribution in [-0.2, 0) is 7.05 Å². The molecule has 0 saturated heterocycles. The molecular weight excluding hydrogens is 432 g/mol. The Labute approximate surface area is 189 Å². The molecule has 0 saturated carbocycles. The average Bonchev–Trinajstić information content (AvgIpc) is 2.75. The van der Waals surface area contributed by atoms with Gasteiger partial charge in [-0.3, -0.25) is 14.2 Å². The Morgan fingerprint density at radius 1 is 0.812 bits per heavy atom. The van der Waals surface area contributed by atoms with Crippen LogP contribution in [0.1, 0.15) is 11.6 Å². The fraction of sp³-hybridized carbons (Fsp3) is 0.143. The molecule has 0 aliphatic carbocycles. The first-order chi connectivity index (χ1) is 15.2. The molecular formula is C21H23ClN8O2. The smallest absolute Gasteiger partial charge is 0.279 e. The molecule has 4 aromatic rings. The van der Waals surface area contributed by atoms with Gasteiger partial charge in [-0.05, 0) is 50.2 Å². The normalized spacial score (nSPS) is 9.75. The third kappa shape index (κ3) is 7.03. The van der Waals surface area contributed by atoms with E-state index >= 15 is 0 Å². The lowest BCUT2D eigenvalue weighted by atomic mass is 10.4. The number of aryl methyl sites for hydroxylation is 3. The second kappa shape index (κ2) is 11.4. The highest BCUT2D eigenvalue weighted by Crippen LogP contribution is 2.02. The molecule has 4 N–H and O–H groups in total. The third-order valence-electron chi connectivity index (χ3n) is 3.88. The maximum Gasteiger partial charge on any atom is 0.279 e. The number of halogens is 1. The van der Waals surface area contributed by atoms with Crippen LogP contribution in [0.15, 0.2) is 70.8 Å². The van der Waals surface area contributed by atoms with E-state index in [1.165, 1.54) is 9.13 Å². The first-order valence-corrected chi connectivity index (χ1v) is 9.70. The van der Waals surface area contributed by atoms with Gasteiger partial charge in [-0.25, -0.2) is 19.9 Å². The van der Waals surface area contributed by atoms with Crippen LogP contribution in [0.3, 0.4) is 0 Å². The monoisotopic (exact) mass is 454 g/mol. The molecule has 0 aromatic carbocycles. The summed E-state index contributed by atoms with van der Waals surface area (Å²) in [6.45, 7) is 3.56. The summed E-state index contributed by atoms with van der Waals surface area (Å²) in [6, 6.07) is 9.89. The summed E-state index contributed by atoms with van der Waals surface area (Å²) in [6.07, 6.45) is 6.52. The minimum Gasteiger partial charge on any atom is -0.394 e. The van der Waals surface area contributed by atoms with Gasteiger partial charge in [0.1, 0.15) is 22.6 Å². The van der Waals surface area contributed by atoms with Crippen molar-refractivity contribution in [3.8, 4) is 5.82 Å². The summed E-state index contributed by atoms with van der Waals surface area (Å²) >= 11 is 5.49. The molecule has 0 spiro atoms. The molecule has 4 heterocycles. The zero-order chi connectivity index (χ0) is 23.7. The van der Waals surface area contributed by atoms with Crippen LogP contribution in [0.5, 0.6) is 0 Å². The third-order valence-corrected chi connectivity index (χ3v) is 4.09. The summed E-state index contributed by atoms with van der Waals surface area (Å²) in [5.74, 6) is 1.85. The predicted octanol–water partition coefficient (Wildman–Crippen LogP) is 1.92. The van der Waals surface area contributed by atoms with Gasteiger partial charge in [0.2, 0.25) is 0 Å². The minimum atomic E-state index is -0.268. The Bertz CT molecular complexity index is 1260. The van der Waals surface area contributed by atoms with Crippen LogP contribution in [0.4, 0.5) is 11.4 Å². The Hall–Kier alpha value is -4.05. The van der Waals surface area contributed by atoms with Gasteiger partial charge in [-0.15, -0.1) is 0 Å².